The van der Waals surface area contributed by atoms with E-state index in [0.717, 1.165) is 36.1 Å². The summed E-state index contributed by atoms with van der Waals surface area (Å²) in [6, 6.07) is 4.90. The zero-order valence-corrected chi connectivity index (χ0v) is 14.4. The van der Waals surface area contributed by atoms with E-state index in [4.69, 9.17) is 5.73 Å². The lowest BCUT2D eigenvalue weighted by atomic mass is 10.00. The van der Waals surface area contributed by atoms with Crippen molar-refractivity contribution in [2.45, 2.75) is 44.0 Å². The number of carbonyl (C=O) groups is 1. The van der Waals surface area contributed by atoms with Gasteiger partial charge in [-0.3, -0.25) is 4.79 Å². The van der Waals surface area contributed by atoms with Crippen molar-refractivity contribution in [3.63, 3.8) is 0 Å². The number of halogens is 2. The topological polar surface area (TPSA) is 55.1 Å². The average Bonchev–Trinajstić information content (AvgIpc) is 2.84. The van der Waals surface area contributed by atoms with Crippen LogP contribution in [0.3, 0.4) is 0 Å². The van der Waals surface area contributed by atoms with Crippen molar-refractivity contribution in [2.75, 3.05) is 6.26 Å². The molecule has 1 aliphatic rings. The Morgan fingerprint density at radius 3 is 2.82 bits per heavy atom. The molecule has 2 rings (SSSR count). The average molecular weight is 347 g/mol. The van der Waals surface area contributed by atoms with Crippen molar-refractivity contribution in [3.8, 4) is 0 Å². The second-order valence-corrected chi connectivity index (χ2v) is 6.55. The van der Waals surface area contributed by atoms with Crippen molar-refractivity contribution in [3.05, 3.63) is 35.1 Å². The first-order valence-corrected chi connectivity index (χ1v) is 8.78. The third kappa shape index (κ3) is 5.45. The summed E-state index contributed by atoms with van der Waals surface area (Å²) in [6.07, 6.45) is 5.67. The Bertz CT molecular complexity index is 501. The second kappa shape index (κ2) is 9.38. The van der Waals surface area contributed by atoms with Gasteiger partial charge in [-0.1, -0.05) is 12.5 Å². The number of amides is 1. The number of rotatable bonds is 6. The van der Waals surface area contributed by atoms with Gasteiger partial charge in [-0.05, 0) is 48.3 Å². The molecule has 0 radical (unpaired) electrons. The van der Waals surface area contributed by atoms with Gasteiger partial charge in [-0.2, -0.15) is 11.8 Å². The first-order valence-electron chi connectivity index (χ1n) is 7.38. The molecule has 22 heavy (non-hydrogen) atoms. The van der Waals surface area contributed by atoms with Gasteiger partial charge in [0.1, 0.15) is 5.82 Å². The van der Waals surface area contributed by atoms with E-state index in [-0.39, 0.29) is 30.2 Å². The highest BCUT2D eigenvalue weighted by Crippen LogP contribution is 2.26. The number of hydrogen-bond donors (Lipinski definition) is 2. The Morgan fingerprint density at radius 1 is 1.41 bits per heavy atom. The Morgan fingerprint density at radius 2 is 2.18 bits per heavy atom. The van der Waals surface area contributed by atoms with Gasteiger partial charge in [0, 0.05) is 24.8 Å². The maximum Gasteiger partial charge on any atom is 0.220 e. The molecular weight excluding hydrogens is 323 g/mol. The molecule has 0 aromatic heterocycles. The number of carbonyl (C=O) groups excluding carboxylic acids is 1. The molecule has 1 aliphatic carbocycles. The van der Waals surface area contributed by atoms with Crippen LogP contribution in [0.2, 0.25) is 0 Å². The van der Waals surface area contributed by atoms with E-state index in [1.54, 1.807) is 23.9 Å². The fraction of sp³-hybridized carbons (Fsp3) is 0.562. The van der Waals surface area contributed by atoms with E-state index in [1.165, 1.54) is 6.07 Å². The van der Waals surface area contributed by atoms with E-state index in [1.807, 2.05) is 6.26 Å². The lowest BCUT2D eigenvalue weighted by molar-refractivity contribution is -0.122. The van der Waals surface area contributed by atoms with Crippen LogP contribution in [-0.2, 0) is 17.1 Å². The standard InChI is InChI=1S/C16H23FN2OS.ClH/c1-21-10-13-7-14(17)6-5-12(13)9-19-16(20)8-11-3-2-4-15(11)18;/h5-7,11,15H,2-4,8-10,18H2,1H3,(H,19,20);1H/t11-,15+;/m0./s1. The number of benzene rings is 1. The Hall–Kier alpha value is -0.780. The van der Waals surface area contributed by atoms with Crippen LogP contribution in [0.1, 0.15) is 36.8 Å². The van der Waals surface area contributed by atoms with Crippen LogP contribution < -0.4 is 11.1 Å². The number of thioether (sulfide) groups is 1. The van der Waals surface area contributed by atoms with Gasteiger partial charge in [0.2, 0.25) is 5.91 Å². The number of nitrogens with two attached hydrogens (primary N) is 1. The number of hydrogen-bond acceptors (Lipinski definition) is 3. The Labute approximate surface area is 142 Å². The molecule has 1 aromatic carbocycles. The van der Waals surface area contributed by atoms with Gasteiger partial charge in [0.25, 0.3) is 0 Å². The highest BCUT2D eigenvalue weighted by molar-refractivity contribution is 7.97. The fourth-order valence-electron chi connectivity index (χ4n) is 2.88. The molecule has 2 atom stereocenters. The largest absolute Gasteiger partial charge is 0.352 e. The van der Waals surface area contributed by atoms with Gasteiger partial charge in [-0.15, -0.1) is 12.4 Å². The maximum atomic E-state index is 13.3. The highest BCUT2D eigenvalue weighted by Gasteiger charge is 2.25. The molecular formula is C16H24ClFN2OS. The van der Waals surface area contributed by atoms with Gasteiger partial charge in [-0.25, -0.2) is 4.39 Å². The summed E-state index contributed by atoms with van der Waals surface area (Å²) in [5.41, 5.74) is 7.92. The lowest BCUT2D eigenvalue weighted by Gasteiger charge is -2.15. The van der Waals surface area contributed by atoms with Crippen LogP contribution in [-0.4, -0.2) is 18.2 Å². The summed E-state index contributed by atoms with van der Waals surface area (Å²) in [6.45, 7) is 0.455. The van der Waals surface area contributed by atoms with Gasteiger partial charge in [0.15, 0.2) is 0 Å². The molecule has 3 nitrogen and oxygen atoms in total. The minimum Gasteiger partial charge on any atom is -0.352 e. The summed E-state index contributed by atoms with van der Waals surface area (Å²) in [7, 11) is 0. The van der Waals surface area contributed by atoms with Crippen LogP contribution >= 0.6 is 24.2 Å². The van der Waals surface area contributed by atoms with Crippen molar-refractivity contribution < 1.29 is 9.18 Å². The monoisotopic (exact) mass is 346 g/mol. The molecule has 1 amide bonds. The summed E-state index contributed by atoms with van der Waals surface area (Å²) in [5.74, 6) is 0.864. The minimum atomic E-state index is -0.231. The van der Waals surface area contributed by atoms with Crippen LogP contribution in [0.15, 0.2) is 18.2 Å². The van der Waals surface area contributed by atoms with Crippen molar-refractivity contribution in [1.82, 2.24) is 5.32 Å². The van der Waals surface area contributed by atoms with Crippen molar-refractivity contribution in [1.29, 1.82) is 0 Å². The summed E-state index contributed by atoms with van der Waals surface area (Å²) in [5, 5.41) is 2.94. The van der Waals surface area contributed by atoms with Crippen LogP contribution in [0.5, 0.6) is 0 Å². The molecule has 3 N–H and O–H groups in total. The molecule has 1 fully saturated rings. The van der Waals surface area contributed by atoms with Crippen molar-refractivity contribution in [2.24, 2.45) is 11.7 Å². The zero-order valence-electron chi connectivity index (χ0n) is 12.8. The first-order chi connectivity index (χ1) is 10.1. The predicted octanol–water partition coefficient (Wildman–Crippen LogP) is 3.24. The number of nitrogens with one attached hydrogen (secondary N) is 1. The van der Waals surface area contributed by atoms with Crippen LogP contribution in [0.25, 0.3) is 0 Å². The molecule has 1 saturated carbocycles. The van der Waals surface area contributed by atoms with Crippen LogP contribution in [0.4, 0.5) is 4.39 Å². The Kier molecular flexibility index (Phi) is 8.21. The van der Waals surface area contributed by atoms with E-state index >= 15 is 0 Å². The molecule has 0 unspecified atom stereocenters. The second-order valence-electron chi connectivity index (χ2n) is 5.68. The summed E-state index contributed by atoms with van der Waals surface area (Å²) in [4.78, 5) is 12.0. The third-order valence-corrected chi connectivity index (χ3v) is 4.71. The van der Waals surface area contributed by atoms with Crippen molar-refractivity contribution >= 4 is 30.1 Å². The minimum absolute atomic E-state index is 0. The quantitative estimate of drug-likeness (QED) is 0.831. The van der Waals surface area contributed by atoms with E-state index < -0.39 is 0 Å². The first kappa shape index (κ1) is 19.3. The van der Waals surface area contributed by atoms with Gasteiger partial charge < -0.3 is 11.1 Å². The lowest BCUT2D eigenvalue weighted by Crippen LogP contribution is -2.31. The maximum absolute atomic E-state index is 13.3. The molecule has 0 bridgehead atoms. The zero-order chi connectivity index (χ0) is 15.2. The molecule has 1 aromatic rings. The van der Waals surface area contributed by atoms with Gasteiger partial charge >= 0.3 is 0 Å². The smallest absolute Gasteiger partial charge is 0.220 e. The molecule has 0 saturated heterocycles. The third-order valence-electron chi connectivity index (χ3n) is 4.11. The molecule has 0 spiro atoms. The van der Waals surface area contributed by atoms with Gasteiger partial charge in [0.05, 0.1) is 0 Å². The van der Waals surface area contributed by atoms with E-state index in [0.29, 0.717) is 18.9 Å². The molecule has 0 heterocycles. The van der Waals surface area contributed by atoms with Crippen LogP contribution in [0, 0.1) is 11.7 Å². The normalized spacial score (nSPS) is 20.5. The predicted molar refractivity (Wildman–Crippen MR) is 92.6 cm³/mol. The fourth-order valence-corrected chi connectivity index (χ4v) is 3.46. The molecule has 6 heteroatoms. The van der Waals surface area contributed by atoms with E-state index in [2.05, 4.69) is 5.32 Å². The summed E-state index contributed by atoms with van der Waals surface area (Å²) >= 11 is 1.64. The van der Waals surface area contributed by atoms with E-state index in [9.17, 15) is 9.18 Å². The summed E-state index contributed by atoms with van der Waals surface area (Å²) < 4.78 is 13.3. The Balaban J connectivity index is 0.00000242. The molecule has 0 aliphatic heterocycles. The highest BCUT2D eigenvalue weighted by atomic mass is 35.5. The SMILES string of the molecule is CSCc1cc(F)ccc1CNC(=O)C[C@@H]1CCC[C@H]1N.Cl. The molecule has 124 valence electrons.